The van der Waals surface area contributed by atoms with Gasteiger partial charge in [0.15, 0.2) is 0 Å². The van der Waals surface area contributed by atoms with Crippen LogP contribution in [0.5, 0.6) is 5.75 Å². The largest absolute Gasteiger partial charge is 0.497 e. The first-order valence-corrected chi connectivity index (χ1v) is 12.3. The number of hydrogen-bond acceptors (Lipinski definition) is 5. The molecule has 0 aliphatic carbocycles. The summed E-state index contributed by atoms with van der Waals surface area (Å²) in [7, 11) is 3.17. The lowest BCUT2D eigenvalue weighted by Crippen LogP contribution is -2.40. The van der Waals surface area contributed by atoms with Crippen LogP contribution < -0.4 is 10.3 Å². The zero-order valence-corrected chi connectivity index (χ0v) is 22.4. The van der Waals surface area contributed by atoms with E-state index in [1.807, 2.05) is 49.4 Å². The summed E-state index contributed by atoms with van der Waals surface area (Å²) in [4.78, 5) is 26.8. The van der Waals surface area contributed by atoms with Crippen molar-refractivity contribution in [2.45, 2.75) is 34.2 Å². The van der Waals surface area contributed by atoms with Gasteiger partial charge in [-0.2, -0.15) is 5.10 Å². The van der Waals surface area contributed by atoms with Gasteiger partial charge in [0.1, 0.15) is 11.5 Å². The average Bonchev–Trinajstić information content (AvgIpc) is 2.89. The molecule has 1 aliphatic heterocycles. The molecule has 0 saturated carbocycles. The number of hydrogen-bond donors (Lipinski definition) is 0. The summed E-state index contributed by atoms with van der Waals surface area (Å²) in [6.07, 6.45) is 2.48. The molecule has 4 rings (SSSR count). The second kappa shape index (κ2) is 14.2. The first kappa shape index (κ1) is 30.4. The Morgan fingerprint density at radius 3 is 2.47 bits per heavy atom. The Morgan fingerprint density at radius 2 is 1.82 bits per heavy atom. The van der Waals surface area contributed by atoms with E-state index in [-0.39, 0.29) is 18.9 Å². The van der Waals surface area contributed by atoms with Crippen molar-refractivity contribution in [1.82, 2.24) is 14.7 Å². The van der Waals surface area contributed by atoms with Crippen LogP contribution in [-0.2, 0) is 17.7 Å². The first-order chi connectivity index (χ1) is 17.7. The monoisotopic (exact) mass is 537 g/mol. The maximum Gasteiger partial charge on any atom is 0.266 e. The van der Waals surface area contributed by atoms with Crippen molar-refractivity contribution in [3.8, 4) is 17.0 Å². The lowest BCUT2D eigenvalue weighted by Gasteiger charge is -2.28. The Kier molecular flexibility index (Phi) is 11.3. The highest BCUT2D eigenvalue weighted by atomic mass is 35.5. The normalized spacial score (nSPS) is 12.5. The number of carbonyl (C=O) groups excluding carboxylic acids is 1. The predicted molar refractivity (Wildman–Crippen MR) is 154 cm³/mol. The van der Waals surface area contributed by atoms with Crippen molar-refractivity contribution in [2.75, 3.05) is 27.3 Å². The van der Waals surface area contributed by atoms with Gasteiger partial charge in [-0.15, -0.1) is 0 Å². The topological polar surface area (TPSA) is 73.7 Å². The Labute approximate surface area is 230 Å². The van der Waals surface area contributed by atoms with E-state index >= 15 is 0 Å². The highest BCUT2D eigenvalue weighted by molar-refractivity contribution is 6.29. The number of benzene rings is 2. The summed E-state index contributed by atoms with van der Waals surface area (Å²) in [5.74, 6) is 1.30. The fraction of sp³-hybridized carbons (Fsp3) is 0.300. The van der Waals surface area contributed by atoms with Gasteiger partial charge in [0.2, 0.25) is 0 Å². The van der Waals surface area contributed by atoms with Crippen molar-refractivity contribution >= 4 is 17.5 Å². The Morgan fingerprint density at radius 1 is 1.08 bits per heavy atom. The number of nitrogens with zero attached hydrogens (tertiary/aromatic N) is 3. The van der Waals surface area contributed by atoms with Crippen LogP contribution in [0, 0.1) is 6.92 Å². The molecule has 1 amide bonds. The number of fused-ring (bicyclic) bond motifs is 1. The van der Waals surface area contributed by atoms with Crippen LogP contribution >= 0.6 is 11.6 Å². The number of rotatable bonds is 7. The van der Waals surface area contributed by atoms with Gasteiger partial charge in [-0.25, -0.2) is 4.68 Å². The van der Waals surface area contributed by atoms with Crippen molar-refractivity contribution in [1.29, 1.82) is 0 Å². The molecule has 0 bridgehead atoms. The predicted octanol–water partition coefficient (Wildman–Crippen LogP) is 5.85. The summed E-state index contributed by atoms with van der Waals surface area (Å²) in [5, 5.41) is 5.20. The van der Waals surface area contributed by atoms with Gasteiger partial charge in [-0.1, -0.05) is 49.9 Å². The van der Waals surface area contributed by atoms with E-state index < -0.39 is 0 Å². The number of methoxy groups -OCH3 is 2. The summed E-state index contributed by atoms with van der Waals surface area (Å²) in [6, 6.07) is 16.8. The molecule has 1 aliphatic rings. The molecule has 0 fully saturated rings. The van der Waals surface area contributed by atoms with E-state index in [2.05, 4.69) is 11.7 Å². The Bertz CT molecular complexity index is 1360. The smallest absolute Gasteiger partial charge is 0.266 e. The molecule has 0 atom stereocenters. The zero-order valence-electron chi connectivity index (χ0n) is 21.7. The molecule has 2 heterocycles. The molecule has 202 valence electrons. The quantitative estimate of drug-likeness (QED) is 0.279. The molecule has 0 N–H and O–H groups in total. The van der Waals surface area contributed by atoms with Crippen LogP contribution in [0.25, 0.3) is 11.3 Å². The molecule has 2 aromatic carbocycles. The first-order valence-electron chi connectivity index (χ1n) is 11.9. The molecule has 7 nitrogen and oxygen atoms in total. The molecule has 3 aromatic rings. The number of amides is 1. The molecule has 8 heteroatoms. The van der Waals surface area contributed by atoms with Crippen molar-refractivity contribution < 1.29 is 14.3 Å². The molecule has 0 radical (unpaired) electrons. The summed E-state index contributed by atoms with van der Waals surface area (Å²) in [6.45, 7) is 8.72. The van der Waals surface area contributed by atoms with Gasteiger partial charge >= 0.3 is 0 Å². The van der Waals surface area contributed by atoms with E-state index in [1.165, 1.54) is 10.7 Å². The third kappa shape index (κ3) is 7.83. The molecule has 38 heavy (non-hydrogen) atoms. The highest BCUT2D eigenvalue weighted by Gasteiger charge is 2.23. The van der Waals surface area contributed by atoms with Gasteiger partial charge in [0.25, 0.3) is 11.5 Å². The Balaban J connectivity index is 0.000000493. The fourth-order valence-corrected chi connectivity index (χ4v) is 4.07. The second-order valence-electron chi connectivity index (χ2n) is 8.58. The van der Waals surface area contributed by atoms with Crippen LogP contribution in [0.3, 0.4) is 0 Å². The maximum atomic E-state index is 12.7. The van der Waals surface area contributed by atoms with Gasteiger partial charge < -0.3 is 14.4 Å². The number of allylic oxidation sites excluding steroid dienone is 2. The van der Waals surface area contributed by atoms with Crippen LogP contribution in [0.4, 0.5) is 0 Å². The van der Waals surface area contributed by atoms with Gasteiger partial charge in [-0.05, 0) is 61.7 Å². The lowest BCUT2D eigenvalue weighted by atomic mass is 9.99. The third-order valence-electron chi connectivity index (χ3n) is 5.89. The van der Waals surface area contributed by atoms with E-state index in [0.29, 0.717) is 41.9 Å². The van der Waals surface area contributed by atoms with Crippen molar-refractivity contribution in [2.24, 2.45) is 0 Å². The van der Waals surface area contributed by atoms with Crippen LogP contribution in [0.15, 0.2) is 82.8 Å². The zero-order chi connectivity index (χ0) is 26.9. The minimum atomic E-state index is -0.190. The molecular formula is C30H36ClN3O4. The highest BCUT2D eigenvalue weighted by Crippen LogP contribution is 2.28. The van der Waals surface area contributed by atoms with Crippen molar-refractivity contribution in [3.63, 3.8) is 0 Å². The number of ether oxygens (including phenoxy) is 2. The minimum Gasteiger partial charge on any atom is -0.497 e. The van der Waals surface area contributed by atoms with E-state index in [4.69, 9.17) is 21.1 Å². The molecule has 0 unspecified atom stereocenters. The summed E-state index contributed by atoms with van der Waals surface area (Å²) in [5.41, 5.74) is 4.22. The number of carbonyl (C=O) groups is 1. The molecular weight excluding hydrogens is 502 g/mol. The molecule has 0 spiro atoms. The van der Waals surface area contributed by atoms with Crippen LogP contribution in [0.1, 0.15) is 35.8 Å². The second-order valence-corrected chi connectivity index (χ2v) is 9.18. The molecule has 0 saturated heterocycles. The van der Waals surface area contributed by atoms with Crippen LogP contribution in [0.2, 0.25) is 0 Å². The summed E-state index contributed by atoms with van der Waals surface area (Å²) < 4.78 is 11.6. The van der Waals surface area contributed by atoms with Crippen LogP contribution in [-0.4, -0.2) is 47.9 Å². The summed E-state index contributed by atoms with van der Waals surface area (Å²) >= 11 is 5.47. The molecule has 1 aromatic heterocycles. The standard InChI is InChI=1S/C23H23N3O3.C6H9ClO.CH4/c1-16-7-8-19(21(15-16)29-2)20-9-10-22(27)26(24-20)14-13-25-12-11-17-5-3-4-6-18(17)23(25)28;1-5(7)4-6(2)8-3;/h3-10,15H,11-14H2,1-2H3;4H,2H2,1,3H3;1H4/b;5-4+;. The third-order valence-corrected chi connectivity index (χ3v) is 6.00. The average molecular weight is 538 g/mol. The van der Waals surface area contributed by atoms with Gasteiger partial charge in [-0.3, -0.25) is 9.59 Å². The van der Waals surface area contributed by atoms with Crippen molar-refractivity contribution in [3.05, 3.63) is 105 Å². The fourth-order valence-electron chi connectivity index (χ4n) is 3.95. The van der Waals surface area contributed by atoms with E-state index in [0.717, 1.165) is 28.7 Å². The number of aryl methyl sites for hydroxylation is 1. The maximum absolute atomic E-state index is 12.7. The lowest BCUT2D eigenvalue weighted by molar-refractivity contribution is 0.0731. The minimum absolute atomic E-state index is 0. The SMILES string of the molecule is C.C=C(/C=C(\C)Cl)OC.COc1cc(C)ccc1-c1ccc(=O)n(CCN2CCc3ccccc3C2=O)n1. The van der Waals surface area contributed by atoms with Gasteiger partial charge in [0, 0.05) is 35.3 Å². The van der Waals surface area contributed by atoms with E-state index in [9.17, 15) is 9.59 Å². The number of aromatic nitrogens is 2. The number of halogens is 1. The van der Waals surface area contributed by atoms with Gasteiger partial charge in [0.05, 0.1) is 26.5 Å². The Hall–Kier alpha value is -3.84. The van der Waals surface area contributed by atoms with E-state index in [1.54, 1.807) is 38.2 Å².